The van der Waals surface area contributed by atoms with Crippen LogP contribution in [-0.4, -0.2) is 11.4 Å². The number of allylic oxidation sites excluding steroid dienone is 2. The van der Waals surface area contributed by atoms with Gasteiger partial charge in [-0.15, -0.1) is 70.8 Å². The number of aliphatic imine (C=N–C) groups is 2. The number of hydrogen-bond acceptors (Lipinski definition) is 2. The smallest absolute Gasteiger partial charge is 0.304 e. The fourth-order valence-electron chi connectivity index (χ4n) is 5.09. The van der Waals surface area contributed by atoms with Gasteiger partial charge in [0.15, 0.2) is 0 Å². The van der Waals surface area contributed by atoms with Crippen LogP contribution in [0.15, 0.2) is 69.9 Å². The molecule has 0 unspecified atom stereocenters. The quantitative estimate of drug-likeness (QED) is 0.283. The van der Waals surface area contributed by atoms with Crippen molar-refractivity contribution in [1.29, 1.82) is 0 Å². The van der Waals surface area contributed by atoms with Crippen LogP contribution in [0.2, 0.25) is 0 Å². The maximum absolute atomic E-state index is 5.22. The van der Waals surface area contributed by atoms with E-state index in [1.807, 2.05) is 0 Å². The van der Waals surface area contributed by atoms with Gasteiger partial charge < -0.3 is 9.98 Å². The molecule has 3 aliphatic heterocycles. The minimum atomic E-state index is -0.295. The van der Waals surface area contributed by atoms with Crippen molar-refractivity contribution < 1.29 is 21.1 Å². The maximum atomic E-state index is 5.22. The average molecular weight is 616 g/mol. The predicted octanol–water partition coefficient (Wildman–Crippen LogP) is 7.08. The molecule has 0 radical (unpaired) electrons. The maximum Gasteiger partial charge on any atom is 2.00 e. The molecule has 2 nitrogen and oxygen atoms in total. The van der Waals surface area contributed by atoms with Crippen LogP contribution in [0.4, 0.5) is 0 Å². The van der Waals surface area contributed by atoms with E-state index in [1.165, 1.54) is 0 Å². The fraction of sp³-hybridized carbons (Fsp3) is 0.400. The Morgan fingerprint density at radius 2 is 0.970 bits per heavy atom. The summed E-state index contributed by atoms with van der Waals surface area (Å²) in [7, 11) is 0. The normalized spacial score (nSPS) is 22.8. The third kappa shape index (κ3) is 3.66. The Balaban J connectivity index is 0.00000259. The van der Waals surface area contributed by atoms with Crippen molar-refractivity contribution in [2.24, 2.45) is 26.2 Å². The van der Waals surface area contributed by atoms with Gasteiger partial charge >= 0.3 is 21.1 Å². The molecule has 33 heavy (non-hydrogen) atoms. The van der Waals surface area contributed by atoms with Gasteiger partial charge in [-0.25, -0.2) is 0 Å². The minimum absolute atomic E-state index is 0. The van der Waals surface area contributed by atoms with E-state index in [1.54, 1.807) is 0 Å². The van der Waals surface area contributed by atoms with Gasteiger partial charge in [0, 0.05) is 16.8 Å². The predicted molar refractivity (Wildman–Crippen MR) is 133 cm³/mol. The largest absolute Gasteiger partial charge is 2.00 e. The van der Waals surface area contributed by atoms with E-state index < -0.39 is 0 Å². The van der Waals surface area contributed by atoms with E-state index in [-0.39, 0.29) is 42.7 Å². The van der Waals surface area contributed by atoms with Crippen molar-refractivity contribution in [3.8, 4) is 0 Å². The Labute approximate surface area is 213 Å². The zero-order valence-electron chi connectivity index (χ0n) is 20.8. The van der Waals surface area contributed by atoms with Crippen molar-refractivity contribution in [1.82, 2.24) is 0 Å². The van der Waals surface area contributed by atoms with Crippen LogP contribution in [0.5, 0.6) is 0 Å². The van der Waals surface area contributed by atoms with Gasteiger partial charge in [0.1, 0.15) is 0 Å². The van der Waals surface area contributed by atoms with Gasteiger partial charge in [0.25, 0.3) is 0 Å². The summed E-state index contributed by atoms with van der Waals surface area (Å²) in [5.74, 6) is 0. The standard InChI is InChI=1S/C30H32N2.Pt/c1-27(2)17-23-30(7,8)24-18-28(3,4)26(32-24)20-12-10-14-22(16-20)29(5,6)21-13-9-11-19(15-21)25(27)31-23;/h9-14,17-18H,1-8H3;/q-2;+2. The first kappa shape index (κ1) is 24.1. The summed E-state index contributed by atoms with van der Waals surface area (Å²) in [6, 6.07) is 20.4. The van der Waals surface area contributed by atoms with Crippen LogP contribution in [0, 0.1) is 28.4 Å². The Morgan fingerprint density at radius 1 is 0.576 bits per heavy atom. The molecule has 3 aliphatic rings. The van der Waals surface area contributed by atoms with Crippen molar-refractivity contribution >= 4 is 11.4 Å². The number of rotatable bonds is 0. The molecule has 172 valence electrons. The first-order valence-corrected chi connectivity index (χ1v) is 11.5. The molecule has 0 N–H and O–H groups in total. The van der Waals surface area contributed by atoms with Crippen LogP contribution in [0.3, 0.4) is 0 Å². The molecule has 3 heteroatoms. The molecule has 2 aromatic carbocycles. The molecule has 0 aromatic heterocycles. The van der Waals surface area contributed by atoms with Crippen LogP contribution in [0.25, 0.3) is 0 Å². The third-order valence-corrected chi connectivity index (χ3v) is 7.41. The number of nitrogens with zero attached hydrogens (tertiary/aromatic N) is 2. The Bertz CT molecular complexity index is 1170. The Kier molecular flexibility index (Phi) is 5.45. The van der Waals surface area contributed by atoms with Crippen molar-refractivity contribution in [2.75, 3.05) is 0 Å². The molecule has 3 heterocycles. The van der Waals surface area contributed by atoms with Gasteiger partial charge in [0.2, 0.25) is 0 Å². The van der Waals surface area contributed by atoms with Crippen LogP contribution >= 0.6 is 0 Å². The molecule has 0 atom stereocenters. The number of benzene rings is 2. The summed E-state index contributed by atoms with van der Waals surface area (Å²) >= 11 is 0. The van der Waals surface area contributed by atoms with Crippen molar-refractivity contribution in [2.45, 2.75) is 60.8 Å². The zero-order chi connectivity index (χ0) is 23.1. The van der Waals surface area contributed by atoms with Crippen LogP contribution < -0.4 is 0 Å². The summed E-state index contributed by atoms with van der Waals surface area (Å²) in [4.78, 5) is 10.4. The molecule has 0 aliphatic carbocycles. The molecule has 8 bridgehead atoms. The molecule has 0 saturated carbocycles. The first-order valence-electron chi connectivity index (χ1n) is 11.5. The molecule has 0 fully saturated rings. The summed E-state index contributed by atoms with van der Waals surface area (Å²) in [6.07, 6.45) is 4.64. The van der Waals surface area contributed by atoms with E-state index in [0.717, 1.165) is 45.1 Å². The second-order valence-corrected chi connectivity index (χ2v) is 11.6. The van der Waals surface area contributed by atoms with Gasteiger partial charge in [0.05, 0.1) is 0 Å². The van der Waals surface area contributed by atoms with Gasteiger partial charge in [-0.2, -0.15) is 0 Å². The zero-order valence-corrected chi connectivity index (χ0v) is 23.1. The average Bonchev–Trinajstić information content (AvgIpc) is 3.23. The second kappa shape index (κ2) is 7.47. The second-order valence-electron chi connectivity index (χ2n) is 11.6. The van der Waals surface area contributed by atoms with Gasteiger partial charge in [-0.3, -0.25) is 0 Å². The minimum Gasteiger partial charge on any atom is -0.304 e. The summed E-state index contributed by atoms with van der Waals surface area (Å²) in [5, 5.41) is 0. The topological polar surface area (TPSA) is 24.7 Å². The number of hydrogen-bond donors (Lipinski definition) is 0. The summed E-state index contributed by atoms with van der Waals surface area (Å²) in [5.41, 5.74) is 7.89. The van der Waals surface area contributed by atoms with Crippen molar-refractivity contribution in [3.05, 3.63) is 94.3 Å². The van der Waals surface area contributed by atoms with Crippen molar-refractivity contribution in [3.63, 3.8) is 0 Å². The van der Waals surface area contributed by atoms with E-state index in [4.69, 9.17) is 9.98 Å². The Hall–Kier alpha value is -2.05. The van der Waals surface area contributed by atoms with Gasteiger partial charge in [-0.1, -0.05) is 53.7 Å². The SMILES string of the molecule is CC1(C)C=C2N=C1c1[c-]c(ccc1)C(C)(C)c1[c-]c(ccc1)C1=NC(=CC1(C)C)C2(C)C.[Pt+2]. The van der Waals surface area contributed by atoms with Crippen LogP contribution in [-0.2, 0) is 26.5 Å². The molecule has 0 amide bonds. The first-order chi connectivity index (χ1) is 14.8. The third-order valence-electron chi connectivity index (χ3n) is 7.41. The molecular formula is C30H32N2Pt. The monoisotopic (exact) mass is 615 g/mol. The molecule has 2 aromatic rings. The van der Waals surface area contributed by atoms with Crippen LogP contribution in [0.1, 0.15) is 77.6 Å². The van der Waals surface area contributed by atoms with Gasteiger partial charge in [-0.05, 0) is 41.5 Å². The Morgan fingerprint density at radius 3 is 1.36 bits per heavy atom. The molecular weight excluding hydrogens is 583 g/mol. The molecule has 0 spiro atoms. The van der Waals surface area contributed by atoms with E-state index >= 15 is 0 Å². The molecule has 5 rings (SSSR count). The summed E-state index contributed by atoms with van der Waals surface area (Å²) in [6.45, 7) is 18.0. The summed E-state index contributed by atoms with van der Waals surface area (Å²) < 4.78 is 0. The van der Waals surface area contributed by atoms with E-state index in [9.17, 15) is 0 Å². The van der Waals surface area contributed by atoms with E-state index in [0.29, 0.717) is 0 Å². The van der Waals surface area contributed by atoms with E-state index in [2.05, 4.69) is 116 Å². The molecule has 0 saturated heterocycles. The number of fused-ring (bicyclic) bond motifs is 8. The fourth-order valence-corrected chi connectivity index (χ4v) is 5.09.